The summed E-state index contributed by atoms with van der Waals surface area (Å²) in [7, 11) is 1.95. The molecule has 0 bridgehead atoms. The standard InChI is InChI=1S/C18H27N5O/c1-12-10-17(20-19-12)15-6-5-9-23(11-15)18(24)8-7-16-13(2)21-22(4)14(16)3/h10,15H,5-9,11H2,1-4H3,(H,19,20)/t15-/m1/s1. The van der Waals surface area contributed by atoms with Gasteiger partial charge in [0.1, 0.15) is 0 Å². The topological polar surface area (TPSA) is 66.8 Å². The average molecular weight is 329 g/mol. The molecule has 130 valence electrons. The van der Waals surface area contributed by atoms with Crippen LogP contribution in [0.3, 0.4) is 0 Å². The van der Waals surface area contributed by atoms with E-state index in [1.807, 2.05) is 30.5 Å². The van der Waals surface area contributed by atoms with Gasteiger partial charge in [-0.25, -0.2) is 0 Å². The number of aryl methyl sites for hydroxylation is 3. The van der Waals surface area contributed by atoms with Gasteiger partial charge in [-0.15, -0.1) is 0 Å². The molecule has 1 atom stereocenters. The van der Waals surface area contributed by atoms with E-state index >= 15 is 0 Å². The Kier molecular flexibility index (Phi) is 4.73. The van der Waals surface area contributed by atoms with Gasteiger partial charge in [0.05, 0.1) is 11.4 Å². The van der Waals surface area contributed by atoms with E-state index in [2.05, 4.69) is 28.3 Å². The van der Waals surface area contributed by atoms with Gasteiger partial charge in [0, 0.05) is 43.9 Å². The fraction of sp³-hybridized carbons (Fsp3) is 0.611. The minimum absolute atomic E-state index is 0.245. The van der Waals surface area contributed by atoms with E-state index in [0.717, 1.165) is 55.1 Å². The Morgan fingerprint density at radius 1 is 1.38 bits per heavy atom. The van der Waals surface area contributed by atoms with Crippen molar-refractivity contribution < 1.29 is 4.79 Å². The minimum Gasteiger partial charge on any atom is -0.342 e. The van der Waals surface area contributed by atoms with Gasteiger partial charge >= 0.3 is 0 Å². The fourth-order valence-electron chi connectivity index (χ4n) is 3.66. The van der Waals surface area contributed by atoms with Gasteiger partial charge in [0.25, 0.3) is 0 Å². The van der Waals surface area contributed by atoms with Crippen LogP contribution in [0.15, 0.2) is 6.07 Å². The molecule has 1 aliphatic heterocycles. The molecule has 1 aliphatic rings. The molecular formula is C18H27N5O. The van der Waals surface area contributed by atoms with Gasteiger partial charge in [0.15, 0.2) is 0 Å². The lowest BCUT2D eigenvalue weighted by Gasteiger charge is -2.32. The first-order valence-electron chi connectivity index (χ1n) is 8.74. The van der Waals surface area contributed by atoms with E-state index in [9.17, 15) is 4.79 Å². The summed E-state index contributed by atoms with van der Waals surface area (Å²) in [6.45, 7) is 7.75. The number of piperidine rings is 1. The van der Waals surface area contributed by atoms with Crippen LogP contribution in [0.2, 0.25) is 0 Å². The Balaban J connectivity index is 1.60. The molecule has 6 nitrogen and oxygen atoms in total. The Hall–Kier alpha value is -2.11. The third-order valence-corrected chi connectivity index (χ3v) is 5.17. The van der Waals surface area contributed by atoms with Crippen molar-refractivity contribution in [2.75, 3.05) is 13.1 Å². The summed E-state index contributed by atoms with van der Waals surface area (Å²) in [4.78, 5) is 14.7. The summed E-state index contributed by atoms with van der Waals surface area (Å²) in [6.07, 6.45) is 3.48. The van der Waals surface area contributed by atoms with Crippen LogP contribution in [0.1, 0.15) is 53.5 Å². The molecule has 6 heteroatoms. The smallest absolute Gasteiger partial charge is 0.222 e. The van der Waals surface area contributed by atoms with Crippen molar-refractivity contribution in [3.63, 3.8) is 0 Å². The summed E-state index contributed by atoms with van der Waals surface area (Å²) in [5, 5.41) is 11.8. The number of H-pyrrole nitrogens is 1. The molecule has 2 aromatic rings. The van der Waals surface area contributed by atoms with Crippen LogP contribution in [0.5, 0.6) is 0 Å². The zero-order chi connectivity index (χ0) is 17.3. The zero-order valence-electron chi connectivity index (χ0n) is 15.1. The first-order chi connectivity index (χ1) is 11.5. The van der Waals surface area contributed by atoms with Crippen molar-refractivity contribution in [3.8, 4) is 0 Å². The fourth-order valence-corrected chi connectivity index (χ4v) is 3.66. The molecule has 24 heavy (non-hydrogen) atoms. The molecular weight excluding hydrogens is 302 g/mol. The molecule has 0 spiro atoms. The van der Waals surface area contributed by atoms with Crippen molar-refractivity contribution in [2.24, 2.45) is 7.05 Å². The summed E-state index contributed by atoms with van der Waals surface area (Å²) >= 11 is 0. The number of carbonyl (C=O) groups is 1. The van der Waals surface area contributed by atoms with Crippen molar-refractivity contribution in [2.45, 2.75) is 52.4 Å². The van der Waals surface area contributed by atoms with Crippen LogP contribution in [-0.2, 0) is 18.3 Å². The highest BCUT2D eigenvalue weighted by molar-refractivity contribution is 5.76. The Bertz CT molecular complexity index is 730. The van der Waals surface area contributed by atoms with Gasteiger partial charge in [-0.1, -0.05) is 0 Å². The number of nitrogens with zero attached hydrogens (tertiary/aromatic N) is 4. The largest absolute Gasteiger partial charge is 0.342 e. The lowest BCUT2D eigenvalue weighted by Crippen LogP contribution is -2.39. The number of rotatable bonds is 4. The number of hydrogen-bond donors (Lipinski definition) is 1. The van der Waals surface area contributed by atoms with E-state index < -0.39 is 0 Å². The van der Waals surface area contributed by atoms with Crippen molar-refractivity contribution in [3.05, 3.63) is 34.4 Å². The van der Waals surface area contributed by atoms with Crippen LogP contribution >= 0.6 is 0 Å². The number of carbonyl (C=O) groups excluding carboxylic acids is 1. The highest BCUT2D eigenvalue weighted by Gasteiger charge is 2.26. The lowest BCUT2D eigenvalue weighted by atomic mass is 9.94. The third-order valence-electron chi connectivity index (χ3n) is 5.17. The van der Waals surface area contributed by atoms with E-state index in [4.69, 9.17) is 0 Å². The number of aromatic amines is 1. The second kappa shape index (κ2) is 6.79. The number of amides is 1. The van der Waals surface area contributed by atoms with Gasteiger partial charge in [-0.05, 0) is 51.7 Å². The van der Waals surface area contributed by atoms with E-state index in [1.165, 1.54) is 5.56 Å². The maximum Gasteiger partial charge on any atom is 0.222 e. The molecule has 1 N–H and O–H groups in total. The molecule has 2 aromatic heterocycles. The molecule has 3 heterocycles. The summed E-state index contributed by atoms with van der Waals surface area (Å²) < 4.78 is 1.89. The second-order valence-corrected chi connectivity index (χ2v) is 6.93. The summed E-state index contributed by atoms with van der Waals surface area (Å²) in [5.74, 6) is 0.601. The predicted octanol–water partition coefficient (Wildman–Crippen LogP) is 2.41. The Labute approximate surface area is 143 Å². The third kappa shape index (κ3) is 3.37. The van der Waals surface area contributed by atoms with Crippen molar-refractivity contribution in [1.29, 1.82) is 0 Å². The monoisotopic (exact) mass is 329 g/mol. The zero-order valence-corrected chi connectivity index (χ0v) is 15.1. The quantitative estimate of drug-likeness (QED) is 0.936. The van der Waals surface area contributed by atoms with E-state index in [1.54, 1.807) is 0 Å². The van der Waals surface area contributed by atoms with Gasteiger partial charge in [0.2, 0.25) is 5.91 Å². The van der Waals surface area contributed by atoms with Crippen LogP contribution in [0, 0.1) is 20.8 Å². The average Bonchev–Trinajstić information content (AvgIpc) is 3.10. The number of nitrogens with one attached hydrogen (secondary N) is 1. The molecule has 0 unspecified atom stereocenters. The van der Waals surface area contributed by atoms with E-state index in [-0.39, 0.29) is 5.91 Å². The maximum absolute atomic E-state index is 12.7. The van der Waals surface area contributed by atoms with Crippen molar-refractivity contribution >= 4 is 5.91 Å². The highest BCUT2D eigenvalue weighted by atomic mass is 16.2. The second-order valence-electron chi connectivity index (χ2n) is 6.93. The van der Waals surface area contributed by atoms with Crippen LogP contribution in [-0.4, -0.2) is 43.9 Å². The number of likely N-dealkylation sites (tertiary alicyclic amines) is 1. The predicted molar refractivity (Wildman–Crippen MR) is 92.9 cm³/mol. The normalized spacial score (nSPS) is 18.2. The lowest BCUT2D eigenvalue weighted by molar-refractivity contribution is -0.132. The molecule has 0 saturated carbocycles. The molecule has 1 saturated heterocycles. The van der Waals surface area contributed by atoms with Crippen LogP contribution in [0.4, 0.5) is 0 Å². The van der Waals surface area contributed by atoms with Gasteiger partial charge < -0.3 is 4.90 Å². The van der Waals surface area contributed by atoms with Crippen molar-refractivity contribution in [1.82, 2.24) is 24.9 Å². The van der Waals surface area contributed by atoms with Gasteiger partial charge in [-0.2, -0.15) is 10.2 Å². The summed E-state index contributed by atoms with van der Waals surface area (Å²) in [6, 6.07) is 2.10. The SMILES string of the molecule is Cc1cc([C@@H]2CCCN(C(=O)CCc3c(C)nn(C)c3C)C2)n[nH]1. The highest BCUT2D eigenvalue weighted by Crippen LogP contribution is 2.26. The molecule has 0 aromatic carbocycles. The van der Waals surface area contributed by atoms with Gasteiger partial charge in [-0.3, -0.25) is 14.6 Å². The molecule has 0 aliphatic carbocycles. The first kappa shape index (κ1) is 16.7. The van der Waals surface area contributed by atoms with E-state index in [0.29, 0.717) is 12.3 Å². The molecule has 3 rings (SSSR count). The Morgan fingerprint density at radius 2 is 2.17 bits per heavy atom. The number of hydrogen-bond acceptors (Lipinski definition) is 3. The minimum atomic E-state index is 0.245. The van der Waals surface area contributed by atoms with Crippen LogP contribution < -0.4 is 0 Å². The van der Waals surface area contributed by atoms with Crippen LogP contribution in [0.25, 0.3) is 0 Å². The maximum atomic E-state index is 12.7. The number of aromatic nitrogens is 4. The summed E-state index contributed by atoms with van der Waals surface area (Å²) in [5.41, 5.74) is 5.57. The molecule has 1 amide bonds. The molecule has 0 radical (unpaired) electrons. The first-order valence-corrected chi connectivity index (χ1v) is 8.74. The Morgan fingerprint density at radius 3 is 2.79 bits per heavy atom. The molecule has 1 fully saturated rings.